The summed E-state index contributed by atoms with van der Waals surface area (Å²) in [6.45, 7) is 0. The minimum Gasteiger partial charge on any atom is -0.375 e. The lowest BCUT2D eigenvalue weighted by atomic mass is 10.3. The number of nitrogens with zero attached hydrogens (tertiary/aromatic N) is 5. The highest BCUT2D eigenvalue weighted by Crippen LogP contribution is 2.14. The van der Waals surface area contributed by atoms with E-state index in [1.54, 1.807) is 12.4 Å². The van der Waals surface area contributed by atoms with Gasteiger partial charge in [0.05, 0.1) is 18.3 Å². The van der Waals surface area contributed by atoms with Gasteiger partial charge in [0.2, 0.25) is 0 Å². The van der Waals surface area contributed by atoms with Crippen LogP contribution in [-0.4, -0.2) is 24.6 Å². The lowest BCUT2D eigenvalue weighted by molar-refractivity contribution is 0.914. The summed E-state index contributed by atoms with van der Waals surface area (Å²) in [5, 5.41) is 10.6. The molecule has 0 aromatic carbocycles. The average Bonchev–Trinajstić information content (AvgIpc) is 2.87. The number of fused-ring (bicyclic) bond motifs is 1. The molecule has 0 bridgehead atoms. The Bertz CT molecular complexity index is 628. The van der Waals surface area contributed by atoms with Crippen LogP contribution in [0.5, 0.6) is 0 Å². The Hall–Kier alpha value is -2.02. The molecule has 0 saturated heterocycles. The highest BCUT2D eigenvalue weighted by atomic mass is 32.1. The Morgan fingerprint density at radius 1 is 1.38 bits per heavy atom. The lowest BCUT2D eigenvalue weighted by Gasteiger charge is -1.95. The van der Waals surface area contributed by atoms with Crippen molar-refractivity contribution in [2.45, 2.75) is 6.42 Å². The van der Waals surface area contributed by atoms with Crippen molar-refractivity contribution < 1.29 is 0 Å². The van der Waals surface area contributed by atoms with Crippen molar-refractivity contribution in [2.75, 3.05) is 5.73 Å². The van der Waals surface area contributed by atoms with Crippen molar-refractivity contribution in [3.05, 3.63) is 35.5 Å². The number of nitrogen functional groups attached to an aromatic ring is 1. The molecule has 0 atom stereocenters. The smallest absolute Gasteiger partial charge is 0.180 e. The Morgan fingerprint density at radius 2 is 2.31 bits per heavy atom. The fraction of sp³-hybridized carbons (Fsp3) is 0.111. The van der Waals surface area contributed by atoms with E-state index in [-0.39, 0.29) is 0 Å². The van der Waals surface area contributed by atoms with Gasteiger partial charge in [-0.3, -0.25) is 9.38 Å². The van der Waals surface area contributed by atoms with Gasteiger partial charge in [0, 0.05) is 17.8 Å². The maximum atomic E-state index is 5.57. The third-order valence-electron chi connectivity index (χ3n) is 2.19. The van der Waals surface area contributed by atoms with Crippen LogP contribution >= 0.6 is 11.3 Å². The molecule has 6 nitrogen and oxygen atoms in total. The van der Waals surface area contributed by atoms with Crippen LogP contribution in [0.3, 0.4) is 0 Å². The first-order valence-corrected chi connectivity index (χ1v) is 5.54. The molecular formula is C9H8N6S. The van der Waals surface area contributed by atoms with E-state index in [0.29, 0.717) is 11.6 Å². The van der Waals surface area contributed by atoms with Crippen LogP contribution < -0.4 is 5.73 Å². The molecular weight excluding hydrogens is 224 g/mol. The predicted octanol–water partition coefficient (Wildman–Crippen LogP) is 0.754. The highest BCUT2D eigenvalue weighted by Gasteiger charge is 2.07. The molecule has 0 fully saturated rings. The monoisotopic (exact) mass is 232 g/mol. The van der Waals surface area contributed by atoms with E-state index in [1.807, 2.05) is 16.0 Å². The van der Waals surface area contributed by atoms with E-state index in [9.17, 15) is 0 Å². The first-order valence-electron chi connectivity index (χ1n) is 4.66. The normalized spacial score (nSPS) is 11.0. The Balaban J connectivity index is 2.00. The third-order valence-corrected chi connectivity index (χ3v) is 2.92. The number of rotatable bonds is 2. The van der Waals surface area contributed by atoms with Gasteiger partial charge < -0.3 is 5.73 Å². The minimum atomic E-state index is 0.575. The van der Waals surface area contributed by atoms with Gasteiger partial charge in [-0.15, -0.1) is 21.5 Å². The van der Waals surface area contributed by atoms with Crippen molar-refractivity contribution in [3.63, 3.8) is 0 Å². The second-order valence-electron chi connectivity index (χ2n) is 3.27. The van der Waals surface area contributed by atoms with Gasteiger partial charge in [-0.05, 0) is 0 Å². The minimum absolute atomic E-state index is 0.575. The topological polar surface area (TPSA) is 82.0 Å². The first-order chi connectivity index (χ1) is 7.83. The van der Waals surface area contributed by atoms with Gasteiger partial charge in [0.15, 0.2) is 10.8 Å². The second kappa shape index (κ2) is 3.53. The fourth-order valence-electron chi connectivity index (χ4n) is 1.49. The first kappa shape index (κ1) is 9.22. The van der Waals surface area contributed by atoms with Crippen LogP contribution in [0, 0.1) is 0 Å². The van der Waals surface area contributed by atoms with Gasteiger partial charge in [-0.25, -0.2) is 4.98 Å². The molecule has 0 radical (unpaired) electrons. The Labute approximate surface area is 94.8 Å². The van der Waals surface area contributed by atoms with E-state index < -0.39 is 0 Å². The number of aromatic nitrogens is 5. The van der Waals surface area contributed by atoms with Gasteiger partial charge in [-0.2, -0.15) is 0 Å². The van der Waals surface area contributed by atoms with E-state index >= 15 is 0 Å². The van der Waals surface area contributed by atoms with Gasteiger partial charge in [0.1, 0.15) is 5.82 Å². The van der Waals surface area contributed by atoms with E-state index in [1.165, 1.54) is 11.3 Å². The molecule has 80 valence electrons. The molecule has 2 N–H and O–H groups in total. The van der Waals surface area contributed by atoms with Crippen LogP contribution in [0.15, 0.2) is 24.0 Å². The van der Waals surface area contributed by atoms with Crippen molar-refractivity contribution in [3.8, 4) is 0 Å². The predicted molar refractivity (Wildman–Crippen MR) is 60.1 cm³/mol. The number of thiazole rings is 1. The fourth-order valence-corrected chi connectivity index (χ4v) is 2.05. The van der Waals surface area contributed by atoms with Crippen LogP contribution in [0.25, 0.3) is 5.65 Å². The summed E-state index contributed by atoms with van der Waals surface area (Å²) in [6.07, 6.45) is 5.83. The maximum Gasteiger partial charge on any atom is 0.180 e. The van der Waals surface area contributed by atoms with Crippen molar-refractivity contribution in [1.29, 1.82) is 0 Å². The molecule has 0 aliphatic rings. The number of anilines is 1. The SMILES string of the molecule is Nc1nc(Cc2nnc3cnccn23)cs1. The Kier molecular flexibility index (Phi) is 2.03. The molecule has 0 amide bonds. The van der Waals surface area contributed by atoms with Crippen molar-refractivity contribution in [1.82, 2.24) is 24.6 Å². The molecule has 0 spiro atoms. The molecule has 0 aliphatic heterocycles. The molecule has 0 saturated carbocycles. The van der Waals surface area contributed by atoms with Crippen LogP contribution in [0.4, 0.5) is 5.13 Å². The summed E-state index contributed by atoms with van der Waals surface area (Å²) in [7, 11) is 0. The molecule has 7 heteroatoms. The summed E-state index contributed by atoms with van der Waals surface area (Å²) in [4.78, 5) is 8.17. The van der Waals surface area contributed by atoms with Gasteiger partial charge in [-0.1, -0.05) is 0 Å². The van der Waals surface area contributed by atoms with E-state index in [2.05, 4.69) is 20.2 Å². The number of hydrogen-bond donors (Lipinski definition) is 1. The zero-order valence-corrected chi connectivity index (χ0v) is 9.05. The summed E-state index contributed by atoms with van der Waals surface area (Å²) in [5.41, 5.74) is 7.22. The van der Waals surface area contributed by atoms with Crippen LogP contribution in [0.2, 0.25) is 0 Å². The zero-order valence-electron chi connectivity index (χ0n) is 8.24. The molecule has 3 aromatic heterocycles. The molecule has 16 heavy (non-hydrogen) atoms. The molecule has 3 rings (SSSR count). The van der Waals surface area contributed by atoms with Crippen LogP contribution in [-0.2, 0) is 6.42 Å². The summed E-state index contributed by atoms with van der Waals surface area (Å²) >= 11 is 1.43. The van der Waals surface area contributed by atoms with E-state index in [0.717, 1.165) is 17.2 Å². The number of hydrogen-bond acceptors (Lipinski definition) is 6. The zero-order chi connectivity index (χ0) is 11.0. The molecule has 3 aromatic rings. The standard InChI is InChI=1S/C9H8N6S/c10-9-12-6(5-16-9)3-7-13-14-8-4-11-1-2-15(7)8/h1-2,4-5H,3H2,(H2,10,12). The van der Waals surface area contributed by atoms with E-state index in [4.69, 9.17) is 5.73 Å². The largest absolute Gasteiger partial charge is 0.375 e. The summed E-state index contributed by atoms with van der Waals surface area (Å²) < 4.78 is 1.89. The van der Waals surface area contributed by atoms with Crippen LogP contribution in [0.1, 0.15) is 11.5 Å². The highest BCUT2D eigenvalue weighted by molar-refractivity contribution is 7.13. The molecule has 0 aliphatic carbocycles. The second-order valence-corrected chi connectivity index (χ2v) is 4.16. The number of nitrogens with two attached hydrogens (primary N) is 1. The molecule has 3 heterocycles. The maximum absolute atomic E-state index is 5.57. The lowest BCUT2D eigenvalue weighted by Crippen LogP contribution is -1.97. The Morgan fingerprint density at radius 3 is 3.12 bits per heavy atom. The van der Waals surface area contributed by atoms with Gasteiger partial charge >= 0.3 is 0 Å². The van der Waals surface area contributed by atoms with Crippen molar-refractivity contribution in [2.24, 2.45) is 0 Å². The summed E-state index contributed by atoms with van der Waals surface area (Å²) in [5.74, 6) is 0.836. The third kappa shape index (κ3) is 1.50. The van der Waals surface area contributed by atoms with Gasteiger partial charge in [0.25, 0.3) is 0 Å². The summed E-state index contributed by atoms with van der Waals surface area (Å²) in [6, 6.07) is 0. The average molecular weight is 232 g/mol. The quantitative estimate of drug-likeness (QED) is 0.705. The van der Waals surface area contributed by atoms with Crippen molar-refractivity contribution >= 4 is 22.1 Å². The molecule has 0 unspecified atom stereocenters.